The summed E-state index contributed by atoms with van der Waals surface area (Å²) < 4.78 is 58.0. The van der Waals surface area contributed by atoms with E-state index in [2.05, 4.69) is 4.98 Å². The van der Waals surface area contributed by atoms with Crippen LogP contribution in [0, 0.1) is 0 Å². The standard InChI is InChI=1S/C34H53NO22/c1-9(37)16-14(5-6-35-16)52-34-29(57-30-23(45)21(43)17(39)10(2)49-30)24(46)26(12(4)51-34)54-33-28(19(41)13(38)8-48-33)56-32-25(47)27(18(40)11(3)50-32)55-31-22(44)20(42)15(7-36)53-31/h5-6,10-13,15,17-36,38-47H,7-8H2,1-4H3. The van der Waals surface area contributed by atoms with E-state index >= 15 is 0 Å². The van der Waals surface area contributed by atoms with Gasteiger partial charge in [-0.1, -0.05) is 0 Å². The Hall–Kier alpha value is -2.05. The van der Waals surface area contributed by atoms with Gasteiger partial charge < -0.3 is 109 Å². The first-order valence-electron chi connectivity index (χ1n) is 18.5. The summed E-state index contributed by atoms with van der Waals surface area (Å²) in [6.45, 7) is 4.39. The van der Waals surface area contributed by atoms with Gasteiger partial charge in [0.25, 0.3) is 0 Å². The van der Waals surface area contributed by atoms with Crippen LogP contribution in [0.4, 0.5) is 0 Å². The zero-order valence-corrected chi connectivity index (χ0v) is 31.3. The third-order valence-electron chi connectivity index (χ3n) is 10.7. The van der Waals surface area contributed by atoms with Crippen LogP contribution in [-0.4, -0.2) is 221 Å². The highest BCUT2D eigenvalue weighted by atomic mass is 16.8. The molecular weight excluding hydrogens is 774 g/mol. The zero-order chi connectivity index (χ0) is 41.6. The number of carbonyl (C=O) groups excluding carboxylic acids is 1. The van der Waals surface area contributed by atoms with Gasteiger partial charge in [0.1, 0.15) is 91.1 Å². The summed E-state index contributed by atoms with van der Waals surface area (Å²) >= 11 is 0. The second-order valence-corrected chi connectivity index (χ2v) is 14.8. The van der Waals surface area contributed by atoms with Crippen LogP contribution in [0.5, 0.6) is 5.75 Å². The molecule has 5 aliphatic heterocycles. The van der Waals surface area contributed by atoms with Gasteiger partial charge in [-0.3, -0.25) is 4.79 Å². The molecule has 23 unspecified atom stereocenters. The summed E-state index contributed by atoms with van der Waals surface area (Å²) in [5.74, 6) is -0.384. The highest BCUT2D eigenvalue weighted by molar-refractivity contribution is 5.94. The van der Waals surface area contributed by atoms with Crippen molar-refractivity contribution in [2.75, 3.05) is 13.2 Å². The summed E-state index contributed by atoms with van der Waals surface area (Å²) in [6, 6.07) is 1.42. The summed E-state index contributed by atoms with van der Waals surface area (Å²) in [7, 11) is 0. The summed E-state index contributed by atoms with van der Waals surface area (Å²) in [5, 5.41) is 117. The van der Waals surface area contributed by atoms with E-state index < -0.39 is 160 Å². The summed E-state index contributed by atoms with van der Waals surface area (Å²) in [6.07, 6.45) is -34.4. The van der Waals surface area contributed by atoms with Crippen LogP contribution in [0.1, 0.15) is 38.2 Å². The molecule has 326 valence electrons. The fourth-order valence-corrected chi connectivity index (χ4v) is 7.30. The Kier molecular flexibility index (Phi) is 14.3. The van der Waals surface area contributed by atoms with E-state index in [4.69, 9.17) is 47.4 Å². The first-order valence-corrected chi connectivity index (χ1v) is 18.5. The van der Waals surface area contributed by atoms with E-state index in [9.17, 15) is 61.0 Å². The Bertz CT molecular complexity index is 1470. The Morgan fingerprint density at radius 2 is 1.16 bits per heavy atom. The molecule has 1 aromatic rings. The molecule has 0 amide bonds. The largest absolute Gasteiger partial charge is 0.460 e. The van der Waals surface area contributed by atoms with Crippen LogP contribution >= 0.6 is 0 Å². The third-order valence-corrected chi connectivity index (χ3v) is 10.7. The number of aliphatic hydroxyl groups is 11. The molecule has 57 heavy (non-hydrogen) atoms. The molecule has 0 aliphatic carbocycles. The predicted molar refractivity (Wildman–Crippen MR) is 179 cm³/mol. The number of carbonyl (C=O) groups is 1. The van der Waals surface area contributed by atoms with Gasteiger partial charge in [-0.05, 0) is 26.8 Å². The Labute approximate surface area is 325 Å². The van der Waals surface area contributed by atoms with E-state index in [1.807, 2.05) is 0 Å². The first-order chi connectivity index (χ1) is 26.9. The van der Waals surface area contributed by atoms with Gasteiger partial charge in [-0.25, -0.2) is 0 Å². The number of hydrogen-bond acceptors (Lipinski definition) is 22. The first kappa shape index (κ1) is 44.5. The minimum atomic E-state index is -1.88. The maximum Gasteiger partial charge on any atom is 0.229 e. The van der Waals surface area contributed by atoms with Gasteiger partial charge >= 0.3 is 0 Å². The fourth-order valence-electron chi connectivity index (χ4n) is 7.30. The lowest BCUT2D eigenvalue weighted by atomic mass is 9.97. The van der Waals surface area contributed by atoms with Crippen molar-refractivity contribution in [1.29, 1.82) is 0 Å². The lowest BCUT2D eigenvalue weighted by Crippen LogP contribution is -2.66. The highest BCUT2D eigenvalue weighted by Crippen LogP contribution is 2.36. The van der Waals surface area contributed by atoms with Crippen molar-refractivity contribution >= 4 is 5.78 Å². The molecule has 5 aliphatic rings. The molecule has 5 fully saturated rings. The zero-order valence-electron chi connectivity index (χ0n) is 31.3. The highest BCUT2D eigenvalue weighted by Gasteiger charge is 2.55. The van der Waals surface area contributed by atoms with Crippen molar-refractivity contribution in [3.63, 3.8) is 0 Å². The van der Waals surface area contributed by atoms with Crippen LogP contribution in [0.25, 0.3) is 0 Å². The predicted octanol–water partition coefficient (Wildman–Crippen LogP) is -5.95. The van der Waals surface area contributed by atoms with Gasteiger partial charge in [0.15, 0.2) is 42.8 Å². The quantitative estimate of drug-likeness (QED) is 0.0873. The van der Waals surface area contributed by atoms with Crippen molar-refractivity contribution in [3.05, 3.63) is 18.0 Å². The SMILES string of the molecule is CC(=O)c1[nH]ccc1OC1OC(C)C(OC2OCC(O)C(O)C2OC2OC(C)C(O)C(OC3OC(CO)C(O)C3O)C2O)C(O)C1OC1OC(C)C(O)C(O)C1O. The number of nitrogens with one attached hydrogen (secondary N) is 1. The van der Waals surface area contributed by atoms with E-state index in [1.54, 1.807) is 0 Å². The van der Waals surface area contributed by atoms with E-state index in [0.717, 1.165) is 0 Å². The van der Waals surface area contributed by atoms with Crippen LogP contribution < -0.4 is 4.74 Å². The third kappa shape index (κ3) is 9.03. The number of rotatable bonds is 12. The molecular formula is C34H53NO22. The Balaban J connectivity index is 1.22. The number of ether oxygens (including phenoxy) is 10. The maximum atomic E-state index is 12.2. The molecule has 0 bridgehead atoms. The normalized spacial score (nSPS) is 49.5. The maximum absolute atomic E-state index is 12.2. The number of aromatic amines is 1. The molecule has 0 saturated carbocycles. The molecule has 23 nitrogen and oxygen atoms in total. The Morgan fingerprint density at radius 3 is 1.79 bits per heavy atom. The number of Topliss-reactive ketones (excluding diaryl/α,β-unsaturated/α-hetero) is 1. The minimum Gasteiger partial charge on any atom is -0.460 e. The van der Waals surface area contributed by atoms with Crippen molar-refractivity contribution in [3.8, 4) is 5.75 Å². The molecule has 12 N–H and O–H groups in total. The molecule has 23 atom stereocenters. The topological polar surface area (TPSA) is 348 Å². The molecule has 6 rings (SSSR count). The lowest BCUT2D eigenvalue weighted by Gasteiger charge is -2.48. The van der Waals surface area contributed by atoms with E-state index in [1.165, 1.54) is 40.0 Å². The van der Waals surface area contributed by atoms with Crippen LogP contribution in [-0.2, 0) is 42.6 Å². The molecule has 0 aromatic carbocycles. The second kappa shape index (κ2) is 18.3. The summed E-state index contributed by atoms with van der Waals surface area (Å²) in [4.78, 5) is 15.0. The molecule has 5 saturated heterocycles. The van der Waals surface area contributed by atoms with E-state index in [-0.39, 0.29) is 11.4 Å². The fraction of sp³-hybridized carbons (Fsp3) is 0.853. The average molecular weight is 828 g/mol. The lowest BCUT2D eigenvalue weighted by molar-refractivity contribution is -0.387. The number of ketones is 1. The van der Waals surface area contributed by atoms with Crippen LogP contribution in [0.3, 0.4) is 0 Å². The summed E-state index contributed by atoms with van der Waals surface area (Å²) in [5.41, 5.74) is 0.0580. The number of hydrogen-bond donors (Lipinski definition) is 12. The van der Waals surface area contributed by atoms with Crippen molar-refractivity contribution in [1.82, 2.24) is 4.98 Å². The van der Waals surface area contributed by atoms with Gasteiger partial charge in [-0.2, -0.15) is 0 Å². The van der Waals surface area contributed by atoms with Crippen molar-refractivity contribution in [2.45, 2.75) is 169 Å². The molecule has 0 spiro atoms. The molecule has 1 aromatic heterocycles. The van der Waals surface area contributed by atoms with Crippen LogP contribution in [0.2, 0.25) is 0 Å². The smallest absolute Gasteiger partial charge is 0.229 e. The average Bonchev–Trinajstić information content (AvgIpc) is 3.75. The van der Waals surface area contributed by atoms with Crippen molar-refractivity contribution < 1.29 is 108 Å². The Morgan fingerprint density at radius 1 is 0.614 bits per heavy atom. The van der Waals surface area contributed by atoms with Gasteiger partial charge in [0.05, 0.1) is 31.5 Å². The van der Waals surface area contributed by atoms with Gasteiger partial charge in [0, 0.05) is 13.1 Å². The monoisotopic (exact) mass is 827 g/mol. The number of aromatic nitrogens is 1. The van der Waals surface area contributed by atoms with Crippen molar-refractivity contribution in [2.24, 2.45) is 0 Å². The van der Waals surface area contributed by atoms with Gasteiger partial charge in [0.2, 0.25) is 6.29 Å². The number of H-pyrrole nitrogens is 1. The van der Waals surface area contributed by atoms with Crippen LogP contribution in [0.15, 0.2) is 12.3 Å². The van der Waals surface area contributed by atoms with Gasteiger partial charge in [-0.15, -0.1) is 0 Å². The molecule has 0 radical (unpaired) electrons. The molecule has 6 heterocycles. The minimum absolute atomic E-state index is 0.0149. The molecule has 23 heteroatoms. The second-order valence-electron chi connectivity index (χ2n) is 14.8. The number of aliphatic hydroxyl groups excluding tert-OH is 11. The van der Waals surface area contributed by atoms with E-state index in [0.29, 0.717) is 0 Å².